The van der Waals surface area contributed by atoms with Crippen molar-refractivity contribution in [3.8, 4) is 0 Å². The zero-order valence-electron chi connectivity index (χ0n) is 15.8. The second kappa shape index (κ2) is 9.91. The third-order valence-electron chi connectivity index (χ3n) is 3.83. The molecule has 0 aliphatic carbocycles. The highest BCUT2D eigenvalue weighted by Crippen LogP contribution is 2.17. The summed E-state index contributed by atoms with van der Waals surface area (Å²) >= 11 is 1.62. The molecular weight excluding hydrogens is 346 g/mol. The number of hydrogen-bond donors (Lipinski definition) is 3. The highest BCUT2D eigenvalue weighted by atomic mass is 32.1. The van der Waals surface area contributed by atoms with Gasteiger partial charge in [0.05, 0.1) is 18.8 Å². The Kier molecular flexibility index (Phi) is 7.59. The lowest BCUT2D eigenvalue weighted by molar-refractivity contribution is -0.115. The number of thiazole rings is 1. The van der Waals surface area contributed by atoms with Gasteiger partial charge in [0.15, 0.2) is 5.96 Å². The van der Waals surface area contributed by atoms with Crippen molar-refractivity contribution in [1.29, 1.82) is 0 Å². The van der Waals surface area contributed by atoms with Crippen molar-refractivity contribution in [3.63, 3.8) is 0 Å². The molecule has 1 aromatic heterocycles. The van der Waals surface area contributed by atoms with Gasteiger partial charge >= 0.3 is 0 Å². The first-order chi connectivity index (χ1) is 12.5. The lowest BCUT2D eigenvalue weighted by atomic mass is 10.1. The molecule has 7 heteroatoms. The van der Waals surface area contributed by atoms with E-state index in [-0.39, 0.29) is 12.5 Å². The Hall–Kier alpha value is -2.41. The van der Waals surface area contributed by atoms with Gasteiger partial charge in [-0.05, 0) is 30.0 Å². The van der Waals surface area contributed by atoms with Crippen LogP contribution in [0.3, 0.4) is 0 Å². The second-order valence-electron chi connectivity index (χ2n) is 6.20. The van der Waals surface area contributed by atoms with Gasteiger partial charge in [0.25, 0.3) is 0 Å². The average Bonchev–Trinajstić information content (AvgIpc) is 3.11. The zero-order chi connectivity index (χ0) is 18.9. The van der Waals surface area contributed by atoms with Gasteiger partial charge in [-0.25, -0.2) is 4.98 Å². The lowest BCUT2D eigenvalue weighted by Gasteiger charge is -2.11. The van der Waals surface area contributed by atoms with Crippen LogP contribution in [0.15, 0.2) is 34.6 Å². The van der Waals surface area contributed by atoms with Crippen molar-refractivity contribution < 1.29 is 4.79 Å². The molecule has 2 rings (SSSR count). The largest absolute Gasteiger partial charge is 0.350 e. The molecule has 0 saturated heterocycles. The summed E-state index contributed by atoms with van der Waals surface area (Å²) in [6.45, 7) is 7.07. The van der Waals surface area contributed by atoms with Gasteiger partial charge in [-0.3, -0.25) is 9.79 Å². The number of nitrogens with zero attached hydrogens (tertiary/aromatic N) is 2. The summed E-state index contributed by atoms with van der Waals surface area (Å²) in [7, 11) is 1.68. The van der Waals surface area contributed by atoms with Crippen molar-refractivity contribution in [2.45, 2.75) is 39.7 Å². The van der Waals surface area contributed by atoms with Crippen molar-refractivity contribution >= 4 is 28.9 Å². The van der Waals surface area contributed by atoms with Crippen LogP contribution in [0.2, 0.25) is 0 Å². The quantitative estimate of drug-likeness (QED) is 0.515. The summed E-state index contributed by atoms with van der Waals surface area (Å²) in [4.78, 5) is 20.8. The Labute approximate surface area is 159 Å². The maximum Gasteiger partial charge on any atom is 0.243 e. The number of carbonyl (C=O) groups is 1. The monoisotopic (exact) mass is 373 g/mol. The number of aliphatic imine (C=N–C) groups is 1. The predicted octanol–water partition coefficient (Wildman–Crippen LogP) is 3.13. The number of nitrogens with one attached hydrogen (secondary N) is 3. The topological polar surface area (TPSA) is 78.4 Å². The third-order valence-corrected chi connectivity index (χ3v) is 4.69. The van der Waals surface area contributed by atoms with Gasteiger partial charge in [0.2, 0.25) is 5.91 Å². The Morgan fingerprint density at radius 3 is 2.77 bits per heavy atom. The van der Waals surface area contributed by atoms with Gasteiger partial charge in [-0.15, -0.1) is 11.3 Å². The molecule has 0 bridgehead atoms. The minimum atomic E-state index is -0.113. The number of anilines is 1. The fourth-order valence-corrected chi connectivity index (χ4v) is 3.18. The van der Waals surface area contributed by atoms with E-state index in [1.807, 2.05) is 24.3 Å². The van der Waals surface area contributed by atoms with E-state index < -0.39 is 0 Å². The molecule has 2 aromatic rings. The number of benzene rings is 1. The summed E-state index contributed by atoms with van der Waals surface area (Å²) < 4.78 is 0. The van der Waals surface area contributed by atoms with Crippen LogP contribution in [-0.2, 0) is 17.8 Å². The van der Waals surface area contributed by atoms with Crippen molar-refractivity contribution in [2.75, 3.05) is 18.9 Å². The summed E-state index contributed by atoms with van der Waals surface area (Å²) in [5.74, 6) is 0.883. The molecule has 0 fully saturated rings. The molecule has 0 saturated carbocycles. The minimum absolute atomic E-state index is 0.113. The molecule has 0 unspecified atom stereocenters. The summed E-state index contributed by atoms with van der Waals surface area (Å²) in [6, 6.07) is 7.86. The number of aryl methyl sites for hydroxylation is 1. The Morgan fingerprint density at radius 1 is 1.31 bits per heavy atom. The highest BCUT2D eigenvalue weighted by Gasteiger charge is 2.08. The molecule has 0 atom stereocenters. The van der Waals surface area contributed by atoms with Gasteiger partial charge in [0.1, 0.15) is 5.01 Å². The minimum Gasteiger partial charge on any atom is -0.350 e. The Bertz CT molecular complexity index is 754. The smallest absolute Gasteiger partial charge is 0.243 e. The van der Waals surface area contributed by atoms with Gasteiger partial charge < -0.3 is 16.0 Å². The van der Waals surface area contributed by atoms with E-state index in [2.05, 4.69) is 52.1 Å². The number of guanidine groups is 1. The van der Waals surface area contributed by atoms with Crippen LogP contribution in [0.4, 0.5) is 5.69 Å². The number of carbonyl (C=O) groups excluding carboxylic acids is 1. The van der Waals surface area contributed by atoms with E-state index in [0.717, 1.165) is 22.8 Å². The van der Waals surface area contributed by atoms with E-state index in [4.69, 9.17) is 0 Å². The van der Waals surface area contributed by atoms with E-state index in [1.54, 1.807) is 18.4 Å². The fourth-order valence-electron chi connectivity index (χ4n) is 2.29. The van der Waals surface area contributed by atoms with Crippen LogP contribution >= 0.6 is 11.3 Å². The molecule has 0 radical (unpaired) electrons. The first-order valence-electron chi connectivity index (χ1n) is 8.79. The van der Waals surface area contributed by atoms with Crippen molar-refractivity contribution in [2.24, 2.45) is 4.99 Å². The fraction of sp³-hybridized carbons (Fsp3) is 0.421. The summed E-state index contributed by atoms with van der Waals surface area (Å²) in [5, 5.41) is 12.2. The molecule has 0 aliphatic rings. The van der Waals surface area contributed by atoms with E-state index in [1.165, 1.54) is 5.56 Å². The molecule has 1 aromatic carbocycles. The molecule has 140 valence electrons. The maximum atomic E-state index is 12.1. The molecular formula is C19H27N5OS. The molecule has 3 N–H and O–H groups in total. The summed E-state index contributed by atoms with van der Waals surface area (Å²) in [6.07, 6.45) is 0.938. The highest BCUT2D eigenvalue weighted by molar-refractivity contribution is 7.09. The number of amides is 1. The third kappa shape index (κ3) is 6.15. The molecule has 26 heavy (non-hydrogen) atoms. The van der Waals surface area contributed by atoms with Gasteiger partial charge in [0, 0.05) is 18.1 Å². The normalized spacial score (nSPS) is 11.5. The lowest BCUT2D eigenvalue weighted by Crippen LogP contribution is -2.41. The Balaban J connectivity index is 1.79. The van der Waals surface area contributed by atoms with Crippen LogP contribution in [0, 0.1) is 0 Å². The SMILES string of the molecule is CCc1cccc(NC(=O)CNC(=NC)NCc2nc(C(C)C)cs2)c1. The second-order valence-corrected chi connectivity index (χ2v) is 7.14. The molecule has 1 amide bonds. The van der Waals surface area contributed by atoms with Crippen molar-refractivity contribution in [3.05, 3.63) is 45.9 Å². The van der Waals surface area contributed by atoms with Crippen molar-refractivity contribution in [1.82, 2.24) is 15.6 Å². The maximum absolute atomic E-state index is 12.1. The first kappa shape index (κ1) is 19.9. The van der Waals surface area contributed by atoms with E-state index in [0.29, 0.717) is 18.4 Å². The van der Waals surface area contributed by atoms with Gasteiger partial charge in [-0.2, -0.15) is 0 Å². The molecule has 0 aliphatic heterocycles. The zero-order valence-corrected chi connectivity index (χ0v) is 16.6. The standard InChI is InChI=1S/C19H27N5OS/c1-5-14-7-6-8-15(9-14)23-17(25)10-21-19(20-4)22-11-18-24-16(12-26-18)13(2)3/h6-9,12-13H,5,10-11H2,1-4H3,(H,23,25)(H2,20,21,22). The average molecular weight is 374 g/mol. The molecule has 6 nitrogen and oxygen atoms in total. The number of rotatable bonds is 7. The summed E-state index contributed by atoms with van der Waals surface area (Å²) in [5.41, 5.74) is 3.10. The van der Waals surface area contributed by atoms with E-state index >= 15 is 0 Å². The van der Waals surface area contributed by atoms with E-state index in [9.17, 15) is 4.79 Å². The van der Waals surface area contributed by atoms with Crippen LogP contribution in [0.1, 0.15) is 43.0 Å². The van der Waals surface area contributed by atoms with Crippen LogP contribution in [-0.4, -0.2) is 30.4 Å². The molecule has 0 spiro atoms. The first-order valence-corrected chi connectivity index (χ1v) is 9.67. The number of aromatic nitrogens is 1. The van der Waals surface area contributed by atoms with Crippen LogP contribution in [0.25, 0.3) is 0 Å². The van der Waals surface area contributed by atoms with Crippen LogP contribution < -0.4 is 16.0 Å². The van der Waals surface area contributed by atoms with Crippen LogP contribution in [0.5, 0.6) is 0 Å². The van der Waals surface area contributed by atoms with Gasteiger partial charge in [-0.1, -0.05) is 32.9 Å². The molecule has 1 heterocycles. The predicted molar refractivity (Wildman–Crippen MR) is 109 cm³/mol. The Morgan fingerprint density at radius 2 is 2.12 bits per heavy atom. The number of hydrogen-bond acceptors (Lipinski definition) is 4.